The van der Waals surface area contributed by atoms with Gasteiger partial charge in [0.1, 0.15) is 5.75 Å². The van der Waals surface area contributed by atoms with Crippen LogP contribution in [0.25, 0.3) is 0 Å². The van der Waals surface area contributed by atoms with Gasteiger partial charge in [-0.1, -0.05) is 57.7 Å². The summed E-state index contributed by atoms with van der Waals surface area (Å²) in [6, 6.07) is 8.10. The van der Waals surface area contributed by atoms with E-state index in [1.807, 2.05) is 18.2 Å². The second kappa shape index (κ2) is 6.95. The van der Waals surface area contributed by atoms with E-state index in [9.17, 15) is 5.11 Å². The van der Waals surface area contributed by atoms with Crippen LogP contribution in [0.5, 0.6) is 5.75 Å². The van der Waals surface area contributed by atoms with E-state index in [1.165, 1.54) is 24.8 Å². The second-order valence-corrected chi connectivity index (χ2v) is 5.67. The van der Waals surface area contributed by atoms with E-state index in [4.69, 9.17) is 4.74 Å². The molecular weight excluding hydrogens is 236 g/mol. The maximum Gasteiger partial charge on any atom is 0.123 e. The standard InChI is InChI=1S/C17H26O2/c1-3-5-8-13(4-2)11-16(18)15-12-19-17-10-7-6-9-14(15)17/h6-7,9-10,13,15-16,18H,3-5,8,11-12H2,1-2H3. The SMILES string of the molecule is CCCCC(CC)CC(O)C1COc2ccccc21. The van der Waals surface area contributed by atoms with Gasteiger partial charge in [-0.25, -0.2) is 0 Å². The van der Waals surface area contributed by atoms with Crippen molar-refractivity contribution in [2.24, 2.45) is 5.92 Å². The Bertz CT molecular complexity index is 389. The number of ether oxygens (including phenoxy) is 1. The summed E-state index contributed by atoms with van der Waals surface area (Å²) in [5.41, 5.74) is 1.18. The molecule has 0 aromatic heterocycles. The van der Waals surface area contributed by atoms with E-state index in [0.717, 1.165) is 18.6 Å². The van der Waals surface area contributed by atoms with Crippen molar-refractivity contribution in [1.29, 1.82) is 0 Å². The van der Waals surface area contributed by atoms with Crippen molar-refractivity contribution in [3.8, 4) is 5.75 Å². The van der Waals surface area contributed by atoms with Gasteiger partial charge in [-0.2, -0.15) is 0 Å². The van der Waals surface area contributed by atoms with Crippen LogP contribution < -0.4 is 4.74 Å². The van der Waals surface area contributed by atoms with Crippen molar-refractivity contribution in [3.05, 3.63) is 29.8 Å². The molecule has 1 aliphatic rings. The van der Waals surface area contributed by atoms with Crippen molar-refractivity contribution in [2.75, 3.05) is 6.61 Å². The Balaban J connectivity index is 1.95. The van der Waals surface area contributed by atoms with Crippen LogP contribution in [0.4, 0.5) is 0 Å². The Morgan fingerprint density at radius 2 is 2.11 bits per heavy atom. The van der Waals surface area contributed by atoms with Crippen molar-refractivity contribution in [1.82, 2.24) is 0 Å². The molecule has 1 heterocycles. The summed E-state index contributed by atoms with van der Waals surface area (Å²) in [7, 11) is 0. The van der Waals surface area contributed by atoms with Gasteiger partial charge in [-0.3, -0.25) is 0 Å². The zero-order chi connectivity index (χ0) is 13.7. The molecular formula is C17H26O2. The Labute approximate surface area is 116 Å². The van der Waals surface area contributed by atoms with Gasteiger partial charge < -0.3 is 9.84 Å². The highest BCUT2D eigenvalue weighted by molar-refractivity contribution is 5.40. The summed E-state index contributed by atoms with van der Waals surface area (Å²) < 4.78 is 5.67. The summed E-state index contributed by atoms with van der Waals surface area (Å²) in [5.74, 6) is 1.75. The van der Waals surface area contributed by atoms with Gasteiger partial charge in [0.05, 0.1) is 12.7 Å². The number of hydrogen-bond donors (Lipinski definition) is 1. The van der Waals surface area contributed by atoms with Gasteiger partial charge >= 0.3 is 0 Å². The summed E-state index contributed by atoms with van der Waals surface area (Å²) in [6.07, 6.45) is 5.53. The third-order valence-electron chi connectivity index (χ3n) is 4.32. The molecule has 0 bridgehead atoms. The highest BCUT2D eigenvalue weighted by Crippen LogP contribution is 2.37. The maximum atomic E-state index is 10.5. The minimum Gasteiger partial charge on any atom is -0.493 e. The Kier molecular flexibility index (Phi) is 5.26. The van der Waals surface area contributed by atoms with Crippen LogP contribution in [0, 0.1) is 5.92 Å². The molecule has 0 saturated carbocycles. The monoisotopic (exact) mass is 262 g/mol. The maximum absolute atomic E-state index is 10.5. The molecule has 0 spiro atoms. The number of unbranched alkanes of at least 4 members (excludes halogenated alkanes) is 1. The zero-order valence-corrected chi connectivity index (χ0v) is 12.1. The van der Waals surface area contributed by atoms with E-state index in [1.54, 1.807) is 0 Å². The molecule has 0 saturated heterocycles. The molecule has 0 fully saturated rings. The first-order valence-corrected chi connectivity index (χ1v) is 7.66. The summed E-state index contributed by atoms with van der Waals surface area (Å²) in [6.45, 7) is 5.08. The van der Waals surface area contributed by atoms with E-state index in [2.05, 4.69) is 19.9 Å². The van der Waals surface area contributed by atoms with Gasteiger partial charge in [0.25, 0.3) is 0 Å². The fourth-order valence-electron chi connectivity index (χ4n) is 2.99. The predicted molar refractivity (Wildman–Crippen MR) is 78.6 cm³/mol. The molecule has 1 aromatic carbocycles. The lowest BCUT2D eigenvalue weighted by Gasteiger charge is -2.22. The predicted octanol–water partition coefficient (Wildman–Crippen LogP) is 4.13. The van der Waals surface area contributed by atoms with Gasteiger partial charge in [-0.05, 0) is 18.4 Å². The zero-order valence-electron chi connectivity index (χ0n) is 12.1. The Morgan fingerprint density at radius 1 is 1.32 bits per heavy atom. The van der Waals surface area contributed by atoms with Crippen LogP contribution in [0.3, 0.4) is 0 Å². The van der Waals surface area contributed by atoms with E-state index in [-0.39, 0.29) is 12.0 Å². The first-order valence-electron chi connectivity index (χ1n) is 7.66. The van der Waals surface area contributed by atoms with Crippen molar-refractivity contribution >= 4 is 0 Å². The highest BCUT2D eigenvalue weighted by Gasteiger charge is 2.31. The highest BCUT2D eigenvalue weighted by atomic mass is 16.5. The molecule has 19 heavy (non-hydrogen) atoms. The minimum atomic E-state index is -0.273. The second-order valence-electron chi connectivity index (χ2n) is 5.67. The summed E-state index contributed by atoms with van der Waals surface area (Å²) in [5, 5.41) is 10.5. The van der Waals surface area contributed by atoms with Crippen LogP contribution in [-0.2, 0) is 0 Å². The first kappa shape index (κ1) is 14.4. The number of aliphatic hydroxyl groups is 1. The molecule has 2 rings (SSSR count). The molecule has 2 nitrogen and oxygen atoms in total. The fourth-order valence-corrected chi connectivity index (χ4v) is 2.99. The first-order chi connectivity index (χ1) is 9.26. The lowest BCUT2D eigenvalue weighted by molar-refractivity contribution is 0.0991. The number of para-hydroxylation sites is 1. The quantitative estimate of drug-likeness (QED) is 0.800. The minimum absolute atomic E-state index is 0.159. The number of aliphatic hydroxyl groups excluding tert-OH is 1. The summed E-state index contributed by atoms with van der Waals surface area (Å²) in [4.78, 5) is 0. The summed E-state index contributed by atoms with van der Waals surface area (Å²) >= 11 is 0. The van der Waals surface area contributed by atoms with Gasteiger partial charge in [0, 0.05) is 11.5 Å². The van der Waals surface area contributed by atoms with Crippen LogP contribution in [-0.4, -0.2) is 17.8 Å². The van der Waals surface area contributed by atoms with Gasteiger partial charge in [0.2, 0.25) is 0 Å². The van der Waals surface area contributed by atoms with Crippen molar-refractivity contribution in [2.45, 2.75) is 58.0 Å². The van der Waals surface area contributed by atoms with Crippen molar-refractivity contribution < 1.29 is 9.84 Å². The Hall–Kier alpha value is -1.02. The number of fused-ring (bicyclic) bond motifs is 1. The molecule has 3 unspecified atom stereocenters. The lowest BCUT2D eigenvalue weighted by atomic mass is 9.86. The Morgan fingerprint density at radius 3 is 2.84 bits per heavy atom. The normalized spacial score (nSPS) is 20.7. The molecule has 1 aliphatic heterocycles. The molecule has 0 amide bonds. The smallest absolute Gasteiger partial charge is 0.123 e. The molecule has 3 atom stereocenters. The average Bonchev–Trinajstić information content (AvgIpc) is 2.87. The average molecular weight is 262 g/mol. The van der Waals surface area contributed by atoms with Crippen LogP contribution >= 0.6 is 0 Å². The number of hydrogen-bond acceptors (Lipinski definition) is 2. The van der Waals surface area contributed by atoms with Crippen LogP contribution in [0.1, 0.15) is 57.4 Å². The largest absolute Gasteiger partial charge is 0.493 e. The van der Waals surface area contributed by atoms with E-state index >= 15 is 0 Å². The molecule has 0 radical (unpaired) electrons. The molecule has 106 valence electrons. The van der Waals surface area contributed by atoms with Gasteiger partial charge in [-0.15, -0.1) is 0 Å². The van der Waals surface area contributed by atoms with Gasteiger partial charge in [0.15, 0.2) is 0 Å². The topological polar surface area (TPSA) is 29.5 Å². The third kappa shape index (κ3) is 3.50. The van der Waals surface area contributed by atoms with Crippen LogP contribution in [0.15, 0.2) is 24.3 Å². The van der Waals surface area contributed by atoms with E-state index in [0.29, 0.717) is 12.5 Å². The fraction of sp³-hybridized carbons (Fsp3) is 0.647. The van der Waals surface area contributed by atoms with Crippen molar-refractivity contribution in [3.63, 3.8) is 0 Å². The number of rotatable bonds is 7. The lowest BCUT2D eigenvalue weighted by Crippen LogP contribution is -2.23. The molecule has 1 N–H and O–H groups in total. The van der Waals surface area contributed by atoms with E-state index < -0.39 is 0 Å². The molecule has 2 heteroatoms. The van der Waals surface area contributed by atoms with Crippen LogP contribution in [0.2, 0.25) is 0 Å². The third-order valence-corrected chi connectivity index (χ3v) is 4.32. The number of benzene rings is 1. The molecule has 1 aromatic rings. The molecule has 0 aliphatic carbocycles.